The number of aliphatic hydroxyl groups is 12. The second kappa shape index (κ2) is 47.9. The van der Waals surface area contributed by atoms with Gasteiger partial charge in [-0.3, -0.25) is 0 Å². The van der Waals surface area contributed by atoms with Crippen LogP contribution in [0.25, 0.3) is 0 Å². The van der Waals surface area contributed by atoms with E-state index in [4.69, 9.17) is 58.6 Å². The number of aliphatic hydroxyl groups excluding tert-OH is 11. The molecule has 10 unspecified atom stereocenters. The van der Waals surface area contributed by atoms with Crippen molar-refractivity contribution in [1.29, 1.82) is 0 Å². The zero-order chi connectivity index (χ0) is 74.2. The highest BCUT2D eigenvalue weighted by molar-refractivity contribution is 6.93. The number of hydrogen-bond acceptors (Lipinski definition) is 23. The molecule has 4 rings (SSSR count). The van der Waals surface area contributed by atoms with E-state index in [1.807, 2.05) is 84.9 Å². The van der Waals surface area contributed by atoms with E-state index >= 15 is 0 Å². The van der Waals surface area contributed by atoms with Gasteiger partial charge in [0.1, 0.15) is 17.8 Å². The Morgan fingerprint density at radius 1 is 0.388 bits per heavy atom. The highest BCUT2D eigenvalue weighted by Gasteiger charge is 2.47. The van der Waals surface area contributed by atoms with Crippen molar-refractivity contribution in [2.75, 3.05) is 101 Å². The predicted octanol–water partition coefficient (Wildman–Crippen LogP) is 4.54. The zero-order valence-electron chi connectivity index (χ0n) is 61.3. The van der Waals surface area contributed by atoms with Crippen LogP contribution in [0.1, 0.15) is 40.0 Å². The number of benzene rings is 4. The SMILES string of the molecule is CO[Si](CCO)(CC(O)CO)O[Si](C)(C)c1ccccc1.CO[Si](CCO)(CCCOC(O)C(C)O)O[Si](C)(C)c1ccccc1.CO[Si](CCO)(CCCOCC(C)(O)C(C)O)O[Si](C)(C)c1ccccc1.CO[Si](CCO)(CCCOCC(O)CO)O[Si](C)(C)c1ccccc1. The van der Waals surface area contributed by atoms with Crippen LogP contribution in [-0.4, -0.2) is 266 Å². The smallest absolute Gasteiger partial charge is 0.332 e. The summed E-state index contributed by atoms with van der Waals surface area (Å²) in [7, 11) is -12.7. The highest BCUT2D eigenvalue weighted by atomic mass is 28.5. The van der Waals surface area contributed by atoms with Gasteiger partial charge in [-0.25, -0.2) is 0 Å². The molecular formula is C67H126O23Si8. The summed E-state index contributed by atoms with van der Waals surface area (Å²) in [5.41, 5.74) is -1.26. The topological polar surface area (TPSA) is 344 Å². The van der Waals surface area contributed by atoms with E-state index in [1.165, 1.54) is 29.4 Å². The molecule has 12 N–H and O–H groups in total. The van der Waals surface area contributed by atoms with Crippen molar-refractivity contribution in [1.82, 2.24) is 0 Å². The molecule has 0 amide bonds. The minimum absolute atomic E-state index is 0.0104. The molecule has 0 aromatic heterocycles. The standard InChI is InChI=1S/C19H36O6Si2.2C17H32O6Si2.C14H26O5Si2/c1-17(21)19(2,22)16-24-13-9-14-27(23-3,15-12-20)25-26(4,5)18-10-7-6-8-11-18;1-15(19)17(20)22-12-8-13-25(21-2,14-11-18)23-24(3,4)16-9-6-5-7-10-16;1-21-25(13-10-18,12-7-11-22-15-16(20)14-19)23-24(2,3)17-8-5-4-6-9-17;1-18-21(10-9-15,12-13(17)11-16)19-20(2,3)14-7-5-4-6-8-14/h6-8,10-11,17,20-22H,9,12-16H2,1-5H3;5-7,9-10,15,17-20H,8,11-14H2,1-4H3;4-6,8-9,16,18-20H,7,10-15H2,1-3H3;4-8,13,15-17H,9-12H2,1-3H3. The van der Waals surface area contributed by atoms with Gasteiger partial charge in [-0.15, -0.1) is 0 Å². The second-order valence-corrected chi connectivity index (χ2v) is 57.1. The van der Waals surface area contributed by atoms with Gasteiger partial charge in [-0.2, -0.15) is 0 Å². The largest absolute Gasteiger partial charge is 0.432 e. The van der Waals surface area contributed by atoms with Crippen LogP contribution in [0, 0.1) is 0 Å². The molecule has 564 valence electrons. The van der Waals surface area contributed by atoms with Gasteiger partial charge in [0, 0.05) is 105 Å². The monoisotopic (exact) mass is 1520 g/mol. The lowest BCUT2D eigenvalue weighted by atomic mass is 10.0. The minimum Gasteiger partial charge on any atom is -0.432 e. The van der Waals surface area contributed by atoms with Crippen LogP contribution in [0.5, 0.6) is 0 Å². The van der Waals surface area contributed by atoms with Gasteiger partial charge < -0.3 is 110 Å². The Hall–Kier alpha value is -2.30. The van der Waals surface area contributed by atoms with Crippen molar-refractivity contribution in [2.45, 2.75) is 177 Å². The van der Waals surface area contributed by atoms with Gasteiger partial charge in [-0.1, -0.05) is 121 Å². The van der Waals surface area contributed by atoms with Crippen molar-refractivity contribution >= 4 is 88.3 Å². The number of hydrogen-bond donors (Lipinski definition) is 12. The predicted molar refractivity (Wildman–Crippen MR) is 404 cm³/mol. The maximum atomic E-state index is 10.0. The molecule has 23 nitrogen and oxygen atoms in total. The summed E-state index contributed by atoms with van der Waals surface area (Å²) in [6.45, 7) is 22.3. The summed E-state index contributed by atoms with van der Waals surface area (Å²) >= 11 is 0. The molecular weight excluding hydrogens is 1400 g/mol. The Bertz CT molecular complexity index is 2620. The van der Waals surface area contributed by atoms with Gasteiger partial charge in [0.15, 0.2) is 6.29 Å². The molecule has 0 saturated heterocycles. The second-order valence-electron chi connectivity index (χ2n) is 26.6. The van der Waals surface area contributed by atoms with Crippen LogP contribution in [0.3, 0.4) is 0 Å². The molecule has 0 saturated carbocycles. The third-order valence-electron chi connectivity index (χ3n) is 16.8. The first kappa shape index (κ1) is 93.7. The molecule has 0 spiro atoms. The summed E-state index contributed by atoms with van der Waals surface area (Å²) in [6.07, 6.45) is -2.66. The van der Waals surface area contributed by atoms with Crippen molar-refractivity contribution in [3.8, 4) is 0 Å². The van der Waals surface area contributed by atoms with E-state index in [-0.39, 0.29) is 58.9 Å². The lowest BCUT2D eigenvalue weighted by Crippen LogP contribution is -2.57. The van der Waals surface area contributed by atoms with Crippen molar-refractivity contribution < 1.29 is 110 Å². The molecule has 0 aliphatic heterocycles. The molecule has 0 aliphatic carbocycles. The molecule has 0 radical (unpaired) electrons. The Labute approximate surface area is 594 Å². The van der Waals surface area contributed by atoms with E-state index in [0.717, 1.165) is 11.6 Å². The zero-order valence-corrected chi connectivity index (χ0v) is 69.3. The van der Waals surface area contributed by atoms with E-state index in [9.17, 15) is 51.1 Å². The van der Waals surface area contributed by atoms with Gasteiger partial charge >= 0.3 is 34.2 Å². The Balaban J connectivity index is 0.000000656. The van der Waals surface area contributed by atoms with Gasteiger partial charge in [0.25, 0.3) is 0 Å². The Morgan fingerprint density at radius 3 is 0.949 bits per heavy atom. The molecule has 0 fully saturated rings. The fraction of sp³-hybridized carbons (Fsp3) is 0.642. The van der Waals surface area contributed by atoms with E-state index < -0.39 is 104 Å². The average Bonchev–Trinajstić information content (AvgIpc) is 0.844. The average molecular weight is 1520 g/mol. The molecule has 0 heterocycles. The number of ether oxygens (including phenoxy) is 3. The Morgan fingerprint density at radius 2 is 0.673 bits per heavy atom. The highest BCUT2D eigenvalue weighted by Crippen LogP contribution is 2.30. The summed E-state index contributed by atoms with van der Waals surface area (Å²) in [6, 6.07) is 44.7. The summed E-state index contributed by atoms with van der Waals surface area (Å²) < 4.78 is 65.5. The first-order valence-corrected chi connectivity index (χ1v) is 54.5. The fourth-order valence-corrected chi connectivity index (χ4v) is 42.7. The minimum atomic E-state index is -2.77. The summed E-state index contributed by atoms with van der Waals surface area (Å²) in [5, 5.41) is 118. The van der Waals surface area contributed by atoms with Crippen molar-refractivity contribution in [3.63, 3.8) is 0 Å². The van der Waals surface area contributed by atoms with Crippen LogP contribution in [0.15, 0.2) is 121 Å². The molecule has 98 heavy (non-hydrogen) atoms. The molecule has 0 aliphatic rings. The van der Waals surface area contributed by atoms with Crippen molar-refractivity contribution in [3.05, 3.63) is 121 Å². The van der Waals surface area contributed by atoms with E-state index in [0.29, 0.717) is 75.0 Å². The van der Waals surface area contributed by atoms with Gasteiger partial charge in [0.2, 0.25) is 33.3 Å². The first-order chi connectivity index (χ1) is 46.1. The van der Waals surface area contributed by atoms with Crippen LogP contribution < -0.4 is 20.7 Å². The number of rotatable bonds is 47. The van der Waals surface area contributed by atoms with Crippen LogP contribution >= 0.6 is 0 Å². The van der Waals surface area contributed by atoms with Crippen molar-refractivity contribution in [2.24, 2.45) is 0 Å². The normalized spacial score (nSPS) is 16.8. The van der Waals surface area contributed by atoms with Gasteiger partial charge in [0.05, 0.1) is 38.6 Å². The summed E-state index contributed by atoms with van der Waals surface area (Å²) in [5.74, 6) is 0. The molecule has 10 atom stereocenters. The molecule has 31 heteroatoms. The van der Waals surface area contributed by atoms with Gasteiger partial charge in [-0.05, 0) is 131 Å². The fourth-order valence-electron chi connectivity index (χ4n) is 10.6. The first-order valence-electron chi connectivity index (χ1n) is 33.9. The van der Waals surface area contributed by atoms with Crippen LogP contribution in [0.2, 0.25) is 101 Å². The Kier molecular flexibility index (Phi) is 45.8. The molecule has 4 aromatic carbocycles. The van der Waals surface area contributed by atoms with Crippen LogP contribution in [0.4, 0.5) is 0 Å². The van der Waals surface area contributed by atoms with E-state index in [2.05, 4.69) is 88.8 Å². The quantitative estimate of drug-likeness (QED) is 0.0164. The maximum Gasteiger partial charge on any atom is 0.332 e. The van der Waals surface area contributed by atoms with E-state index in [1.54, 1.807) is 35.4 Å². The lowest BCUT2D eigenvalue weighted by Gasteiger charge is -2.38. The third kappa shape index (κ3) is 35.0. The lowest BCUT2D eigenvalue weighted by molar-refractivity contribution is -0.155. The molecule has 0 bridgehead atoms. The molecule has 4 aromatic rings. The third-order valence-corrected chi connectivity index (χ3v) is 49.1. The summed E-state index contributed by atoms with van der Waals surface area (Å²) in [4.78, 5) is 0. The van der Waals surface area contributed by atoms with Crippen LogP contribution in [-0.2, 0) is 48.4 Å². The maximum absolute atomic E-state index is 10.0.